The van der Waals surface area contributed by atoms with Crippen LogP contribution < -0.4 is 0 Å². The van der Waals surface area contributed by atoms with Crippen LogP contribution in [0.3, 0.4) is 0 Å². The van der Waals surface area contributed by atoms with Gasteiger partial charge in [0.2, 0.25) is 0 Å². The molecular weight excluding hydrogens is 178 g/mol. The molecule has 0 aliphatic carbocycles. The van der Waals surface area contributed by atoms with Crippen LogP contribution in [0.15, 0.2) is 0 Å². The summed E-state index contributed by atoms with van der Waals surface area (Å²) in [6.07, 6.45) is 2.42. The van der Waals surface area contributed by atoms with Crippen molar-refractivity contribution in [3.8, 4) is 0 Å². The average Bonchev–Trinajstić information content (AvgIpc) is 1.92. The molecule has 0 aromatic heterocycles. The fraction of sp³-hybridized carbons (Fsp3) is 1.00. The summed E-state index contributed by atoms with van der Waals surface area (Å²) in [6.45, 7) is 0.238. The highest BCUT2D eigenvalue weighted by molar-refractivity contribution is 7.92. The van der Waals surface area contributed by atoms with Crippen LogP contribution in [0, 0.1) is 0 Å². The maximum absolute atomic E-state index is 11.4. The zero-order valence-electron chi connectivity index (χ0n) is 7.23. The Morgan fingerprint density at radius 3 is 2.67 bits per heavy atom. The van der Waals surface area contributed by atoms with Crippen LogP contribution in [0.25, 0.3) is 0 Å². The Bertz CT molecular complexity index is 235. The van der Waals surface area contributed by atoms with Gasteiger partial charge < -0.3 is 5.21 Å². The van der Waals surface area contributed by atoms with E-state index in [0.29, 0.717) is 6.42 Å². The van der Waals surface area contributed by atoms with Crippen LogP contribution in [0.2, 0.25) is 0 Å². The van der Waals surface area contributed by atoms with Crippen molar-refractivity contribution < 1.29 is 13.6 Å². The molecule has 1 aliphatic heterocycles. The molecule has 5 heteroatoms. The van der Waals surface area contributed by atoms with Crippen molar-refractivity contribution in [1.82, 2.24) is 5.06 Å². The maximum Gasteiger partial charge on any atom is 0.154 e. The van der Waals surface area contributed by atoms with Gasteiger partial charge in [-0.1, -0.05) is 6.42 Å². The molecule has 1 heterocycles. The number of rotatable bonds is 2. The summed E-state index contributed by atoms with van der Waals surface area (Å²) in [5, 5.41) is 9.50. The van der Waals surface area contributed by atoms with Crippen LogP contribution in [0.1, 0.15) is 19.3 Å². The third-order valence-corrected chi connectivity index (χ3v) is 4.44. The van der Waals surface area contributed by atoms with E-state index in [4.69, 9.17) is 5.21 Å². The van der Waals surface area contributed by atoms with Crippen molar-refractivity contribution >= 4 is 9.84 Å². The number of nitrogens with zero attached hydrogens (tertiary/aromatic N) is 1. The van der Waals surface area contributed by atoms with Gasteiger partial charge in [-0.25, -0.2) is 8.42 Å². The molecule has 1 fully saturated rings. The van der Waals surface area contributed by atoms with Gasteiger partial charge in [0.05, 0.1) is 11.0 Å². The van der Waals surface area contributed by atoms with Crippen molar-refractivity contribution in [3.63, 3.8) is 0 Å². The lowest BCUT2D eigenvalue weighted by atomic mass is 10.2. The summed E-state index contributed by atoms with van der Waals surface area (Å²) in [5.74, 6) is 0.283. The van der Waals surface area contributed by atoms with Crippen molar-refractivity contribution in [2.24, 2.45) is 0 Å². The smallest absolute Gasteiger partial charge is 0.154 e. The van der Waals surface area contributed by atoms with Gasteiger partial charge in [-0.2, -0.15) is 5.06 Å². The average molecular weight is 193 g/mol. The first kappa shape index (κ1) is 9.95. The quantitative estimate of drug-likeness (QED) is 0.640. The van der Waals surface area contributed by atoms with E-state index in [1.807, 2.05) is 0 Å². The highest BCUT2D eigenvalue weighted by Crippen LogP contribution is 2.19. The molecule has 0 aromatic carbocycles. The Morgan fingerprint density at radius 2 is 2.17 bits per heavy atom. The Labute approximate surface area is 73.1 Å². The molecule has 0 spiro atoms. The van der Waals surface area contributed by atoms with Gasteiger partial charge in [-0.3, -0.25) is 0 Å². The van der Waals surface area contributed by atoms with Crippen molar-refractivity contribution in [1.29, 1.82) is 0 Å². The molecule has 1 aliphatic rings. The third-order valence-electron chi connectivity index (χ3n) is 2.18. The SMILES string of the molecule is CN(O)CC1CCCCS1(=O)=O. The molecule has 1 rings (SSSR count). The van der Waals surface area contributed by atoms with Gasteiger partial charge in [-0.15, -0.1) is 0 Å². The van der Waals surface area contributed by atoms with E-state index in [9.17, 15) is 8.42 Å². The lowest BCUT2D eigenvalue weighted by Crippen LogP contribution is -2.37. The monoisotopic (exact) mass is 193 g/mol. The molecule has 0 radical (unpaired) electrons. The van der Waals surface area contributed by atoms with Gasteiger partial charge in [0.25, 0.3) is 0 Å². The second-order valence-corrected chi connectivity index (χ2v) is 5.73. The Kier molecular flexibility index (Phi) is 3.09. The lowest BCUT2D eigenvalue weighted by molar-refractivity contribution is -0.0649. The lowest BCUT2D eigenvalue weighted by Gasteiger charge is -2.23. The summed E-state index contributed by atoms with van der Waals surface area (Å²) in [4.78, 5) is 0. The van der Waals surface area contributed by atoms with Gasteiger partial charge >= 0.3 is 0 Å². The zero-order valence-corrected chi connectivity index (χ0v) is 8.05. The fourth-order valence-electron chi connectivity index (χ4n) is 1.52. The Balaban J connectivity index is 2.61. The number of hydroxylamine groups is 2. The first-order valence-electron chi connectivity index (χ1n) is 4.14. The number of hydrogen-bond donors (Lipinski definition) is 1. The van der Waals surface area contributed by atoms with Gasteiger partial charge in [0.1, 0.15) is 0 Å². The minimum atomic E-state index is -2.92. The summed E-state index contributed by atoms with van der Waals surface area (Å²) in [6, 6.07) is 0. The third kappa shape index (κ3) is 2.43. The molecule has 1 unspecified atom stereocenters. The maximum atomic E-state index is 11.4. The number of hydrogen-bond acceptors (Lipinski definition) is 4. The summed E-state index contributed by atoms with van der Waals surface area (Å²) >= 11 is 0. The molecule has 0 amide bonds. The molecule has 72 valence electrons. The standard InChI is InChI=1S/C7H15NO3S/c1-8(9)6-7-4-2-3-5-12(7,10)11/h7,9H,2-6H2,1H3. The van der Waals surface area contributed by atoms with E-state index in [1.54, 1.807) is 0 Å². The van der Waals surface area contributed by atoms with Crippen LogP contribution >= 0.6 is 0 Å². The second kappa shape index (κ2) is 3.72. The Hall–Kier alpha value is -0.130. The molecule has 0 bridgehead atoms. The van der Waals surface area contributed by atoms with Crippen molar-refractivity contribution in [2.45, 2.75) is 24.5 Å². The van der Waals surface area contributed by atoms with E-state index < -0.39 is 9.84 Å². The highest BCUT2D eigenvalue weighted by atomic mass is 32.2. The van der Waals surface area contributed by atoms with Crippen LogP contribution in [0.4, 0.5) is 0 Å². The van der Waals surface area contributed by atoms with Crippen molar-refractivity contribution in [3.05, 3.63) is 0 Å². The molecule has 1 N–H and O–H groups in total. The van der Waals surface area contributed by atoms with E-state index in [0.717, 1.165) is 17.9 Å². The highest BCUT2D eigenvalue weighted by Gasteiger charge is 2.29. The zero-order chi connectivity index (χ0) is 9.19. The van der Waals surface area contributed by atoms with Gasteiger partial charge in [-0.05, 0) is 12.8 Å². The molecule has 4 nitrogen and oxygen atoms in total. The van der Waals surface area contributed by atoms with Crippen LogP contribution in [-0.4, -0.2) is 43.3 Å². The van der Waals surface area contributed by atoms with Gasteiger partial charge in [0.15, 0.2) is 9.84 Å². The van der Waals surface area contributed by atoms with E-state index in [-0.39, 0.29) is 17.5 Å². The minimum absolute atomic E-state index is 0.238. The first-order chi connectivity index (χ1) is 5.52. The normalized spacial score (nSPS) is 29.1. The minimum Gasteiger partial charge on any atom is -0.314 e. The second-order valence-electron chi connectivity index (χ2n) is 3.32. The van der Waals surface area contributed by atoms with Crippen molar-refractivity contribution in [2.75, 3.05) is 19.3 Å². The summed E-state index contributed by atoms with van der Waals surface area (Å²) in [5.41, 5.74) is 0. The molecule has 0 saturated carbocycles. The van der Waals surface area contributed by atoms with E-state index >= 15 is 0 Å². The van der Waals surface area contributed by atoms with E-state index in [2.05, 4.69) is 0 Å². The first-order valence-corrected chi connectivity index (χ1v) is 5.85. The van der Waals surface area contributed by atoms with E-state index in [1.165, 1.54) is 7.05 Å². The molecule has 0 aromatic rings. The largest absolute Gasteiger partial charge is 0.314 e. The summed E-state index contributed by atoms with van der Waals surface area (Å²) < 4.78 is 22.8. The summed E-state index contributed by atoms with van der Waals surface area (Å²) in [7, 11) is -1.44. The predicted octanol–water partition coefficient (Wildman–Crippen LogP) is 0.275. The molecule has 1 saturated heterocycles. The molecule has 1 atom stereocenters. The molecule has 12 heavy (non-hydrogen) atoms. The topological polar surface area (TPSA) is 57.6 Å². The fourth-order valence-corrected chi connectivity index (χ4v) is 3.43. The van der Waals surface area contributed by atoms with Crippen LogP contribution in [0.5, 0.6) is 0 Å². The van der Waals surface area contributed by atoms with Gasteiger partial charge in [0, 0.05) is 13.6 Å². The Morgan fingerprint density at radius 1 is 1.50 bits per heavy atom. The van der Waals surface area contributed by atoms with Crippen LogP contribution in [-0.2, 0) is 9.84 Å². The number of sulfone groups is 1. The predicted molar refractivity (Wildman–Crippen MR) is 45.8 cm³/mol. The molecular formula is C7H15NO3S.